The first-order valence-corrected chi connectivity index (χ1v) is 11.4. The molecule has 32 heavy (non-hydrogen) atoms. The van der Waals surface area contributed by atoms with Gasteiger partial charge in [-0.1, -0.05) is 0 Å². The summed E-state index contributed by atoms with van der Waals surface area (Å²) in [7, 11) is 0. The zero-order valence-electron chi connectivity index (χ0n) is 19.5. The first kappa shape index (κ1) is 22.0. The van der Waals surface area contributed by atoms with Crippen LogP contribution in [-0.4, -0.2) is 52.0 Å². The molecule has 1 saturated heterocycles. The zero-order valence-corrected chi connectivity index (χ0v) is 19.5. The SMILES string of the molecule is CCN(c1ncccc1NC(C)(C)C)C1CCN(C(=O)c2cc3cc(N)ccc3[nH]2)CC1. The molecule has 1 fully saturated rings. The van der Waals surface area contributed by atoms with Gasteiger partial charge in [-0.3, -0.25) is 4.79 Å². The van der Waals surface area contributed by atoms with Crippen LogP contribution in [0.1, 0.15) is 51.0 Å². The average molecular weight is 435 g/mol. The number of pyridine rings is 1. The quantitative estimate of drug-likeness (QED) is 0.515. The minimum atomic E-state index is -0.0444. The molecule has 0 bridgehead atoms. The van der Waals surface area contributed by atoms with Gasteiger partial charge in [0.1, 0.15) is 5.69 Å². The van der Waals surface area contributed by atoms with E-state index in [2.05, 4.69) is 49.0 Å². The largest absolute Gasteiger partial charge is 0.399 e. The van der Waals surface area contributed by atoms with Crippen molar-refractivity contribution in [1.29, 1.82) is 0 Å². The zero-order chi connectivity index (χ0) is 22.9. The van der Waals surface area contributed by atoms with Crippen LogP contribution in [-0.2, 0) is 0 Å². The maximum atomic E-state index is 13.1. The summed E-state index contributed by atoms with van der Waals surface area (Å²) in [5.41, 5.74) is 9.14. The summed E-state index contributed by atoms with van der Waals surface area (Å²) in [6, 6.07) is 12.0. The number of nitrogen functional groups attached to an aromatic ring is 1. The van der Waals surface area contributed by atoms with Gasteiger partial charge >= 0.3 is 0 Å². The molecule has 4 rings (SSSR count). The average Bonchev–Trinajstić information content (AvgIpc) is 3.17. The van der Waals surface area contributed by atoms with E-state index in [1.807, 2.05) is 41.4 Å². The second kappa shape index (κ2) is 8.73. The van der Waals surface area contributed by atoms with E-state index in [9.17, 15) is 4.79 Å². The van der Waals surface area contributed by atoms with Crippen LogP contribution in [0.25, 0.3) is 10.9 Å². The number of nitrogens with one attached hydrogen (secondary N) is 2. The lowest BCUT2D eigenvalue weighted by Gasteiger charge is -2.39. The first-order valence-electron chi connectivity index (χ1n) is 11.4. The Kier molecular flexibility index (Phi) is 6.00. The Balaban J connectivity index is 1.46. The highest BCUT2D eigenvalue weighted by Crippen LogP contribution is 2.30. The number of carbonyl (C=O) groups excluding carboxylic acids is 1. The van der Waals surface area contributed by atoms with E-state index < -0.39 is 0 Å². The van der Waals surface area contributed by atoms with Crippen molar-refractivity contribution in [3.63, 3.8) is 0 Å². The number of piperidine rings is 1. The highest BCUT2D eigenvalue weighted by atomic mass is 16.2. The van der Waals surface area contributed by atoms with Gasteiger partial charge in [-0.2, -0.15) is 0 Å². The lowest BCUT2D eigenvalue weighted by molar-refractivity contribution is 0.0707. The monoisotopic (exact) mass is 434 g/mol. The molecule has 0 unspecified atom stereocenters. The molecule has 0 aliphatic carbocycles. The molecule has 2 aromatic heterocycles. The van der Waals surface area contributed by atoms with Crippen LogP contribution in [0.3, 0.4) is 0 Å². The van der Waals surface area contributed by atoms with Crippen molar-refractivity contribution in [3.05, 3.63) is 48.3 Å². The van der Waals surface area contributed by atoms with Crippen LogP contribution < -0.4 is 16.0 Å². The number of aromatic nitrogens is 2. The summed E-state index contributed by atoms with van der Waals surface area (Å²) in [6.45, 7) is 11.0. The standard InChI is InChI=1S/C25H34N6O/c1-5-31(23-21(7-6-12-27-23)29-25(2,3)4)19-10-13-30(14-11-19)24(32)22-16-17-15-18(26)8-9-20(17)28-22/h6-9,12,15-16,19,28-29H,5,10-11,13-14,26H2,1-4H3. The van der Waals surface area contributed by atoms with Gasteiger partial charge in [-0.15, -0.1) is 0 Å². The lowest BCUT2D eigenvalue weighted by atomic mass is 10.0. The fourth-order valence-electron chi connectivity index (χ4n) is 4.53. The molecule has 0 saturated carbocycles. The van der Waals surface area contributed by atoms with Crippen molar-refractivity contribution in [2.75, 3.05) is 35.6 Å². The van der Waals surface area contributed by atoms with Crippen LogP contribution in [0, 0.1) is 0 Å². The second-order valence-electron chi connectivity index (χ2n) is 9.59. The summed E-state index contributed by atoms with van der Waals surface area (Å²) < 4.78 is 0. The number of fused-ring (bicyclic) bond motifs is 1. The smallest absolute Gasteiger partial charge is 0.270 e. The maximum absolute atomic E-state index is 13.1. The van der Waals surface area contributed by atoms with Crippen LogP contribution in [0.4, 0.5) is 17.2 Å². The number of nitrogens with two attached hydrogens (primary N) is 1. The third-order valence-electron chi connectivity index (χ3n) is 5.98. The van der Waals surface area contributed by atoms with Crippen molar-refractivity contribution < 1.29 is 4.79 Å². The van der Waals surface area contributed by atoms with Gasteiger partial charge in [0.25, 0.3) is 5.91 Å². The molecule has 7 heteroatoms. The number of likely N-dealkylation sites (tertiary alicyclic amines) is 1. The molecule has 170 valence electrons. The number of rotatable bonds is 5. The van der Waals surface area contributed by atoms with E-state index in [1.54, 1.807) is 0 Å². The molecule has 1 aromatic carbocycles. The van der Waals surface area contributed by atoms with Crippen molar-refractivity contribution in [2.24, 2.45) is 0 Å². The number of carbonyl (C=O) groups is 1. The number of hydrogen-bond donors (Lipinski definition) is 3. The molecule has 3 heterocycles. The van der Waals surface area contributed by atoms with Gasteiger partial charge in [0.15, 0.2) is 5.82 Å². The number of H-pyrrole nitrogens is 1. The molecule has 1 aliphatic heterocycles. The molecule has 1 amide bonds. The Hall–Kier alpha value is -3.22. The summed E-state index contributed by atoms with van der Waals surface area (Å²) >= 11 is 0. The number of benzene rings is 1. The molecular formula is C25H34N6O. The number of hydrogen-bond acceptors (Lipinski definition) is 5. The second-order valence-corrected chi connectivity index (χ2v) is 9.59. The number of amides is 1. The predicted octanol–water partition coefficient (Wildman–Crippen LogP) is 4.49. The Morgan fingerprint density at radius 1 is 1.25 bits per heavy atom. The normalized spacial score (nSPS) is 15.2. The minimum absolute atomic E-state index is 0.0444. The van der Waals surface area contributed by atoms with E-state index in [4.69, 9.17) is 10.7 Å². The van der Waals surface area contributed by atoms with E-state index in [0.717, 1.165) is 54.9 Å². The highest BCUT2D eigenvalue weighted by molar-refractivity contribution is 5.98. The van der Waals surface area contributed by atoms with Crippen LogP contribution >= 0.6 is 0 Å². The molecule has 0 atom stereocenters. The van der Waals surface area contributed by atoms with E-state index >= 15 is 0 Å². The van der Waals surface area contributed by atoms with E-state index in [1.165, 1.54) is 0 Å². The van der Waals surface area contributed by atoms with Crippen molar-refractivity contribution in [2.45, 2.75) is 52.1 Å². The number of nitrogens with zero attached hydrogens (tertiary/aromatic N) is 3. The highest BCUT2D eigenvalue weighted by Gasteiger charge is 2.29. The Morgan fingerprint density at radius 3 is 2.69 bits per heavy atom. The Morgan fingerprint density at radius 2 is 2.00 bits per heavy atom. The third kappa shape index (κ3) is 4.66. The third-order valence-corrected chi connectivity index (χ3v) is 5.98. The fourth-order valence-corrected chi connectivity index (χ4v) is 4.53. The van der Waals surface area contributed by atoms with Crippen molar-refractivity contribution in [1.82, 2.24) is 14.9 Å². The topological polar surface area (TPSA) is 90.3 Å². The van der Waals surface area contributed by atoms with Crippen LogP contribution in [0.5, 0.6) is 0 Å². The van der Waals surface area contributed by atoms with Gasteiger partial charge in [0, 0.05) is 54.0 Å². The first-order chi connectivity index (χ1) is 15.2. The summed E-state index contributed by atoms with van der Waals surface area (Å²) in [4.78, 5) is 25.4. The predicted molar refractivity (Wildman–Crippen MR) is 132 cm³/mol. The van der Waals surface area contributed by atoms with Crippen LogP contribution in [0.15, 0.2) is 42.6 Å². The van der Waals surface area contributed by atoms with Gasteiger partial charge in [0.05, 0.1) is 5.69 Å². The van der Waals surface area contributed by atoms with Gasteiger partial charge in [0.2, 0.25) is 0 Å². The summed E-state index contributed by atoms with van der Waals surface area (Å²) in [6.07, 6.45) is 3.68. The molecule has 7 nitrogen and oxygen atoms in total. The number of aromatic amines is 1. The van der Waals surface area contributed by atoms with Gasteiger partial charge in [-0.05, 0) is 76.9 Å². The van der Waals surface area contributed by atoms with E-state index in [0.29, 0.717) is 17.4 Å². The van der Waals surface area contributed by atoms with Gasteiger partial charge < -0.3 is 25.8 Å². The maximum Gasteiger partial charge on any atom is 0.270 e. The molecule has 0 radical (unpaired) electrons. The van der Waals surface area contributed by atoms with Crippen molar-refractivity contribution in [3.8, 4) is 0 Å². The fraction of sp³-hybridized carbons (Fsp3) is 0.440. The molecule has 1 aliphatic rings. The molecule has 3 aromatic rings. The molecule has 4 N–H and O–H groups in total. The molecular weight excluding hydrogens is 400 g/mol. The van der Waals surface area contributed by atoms with Crippen LogP contribution in [0.2, 0.25) is 0 Å². The van der Waals surface area contributed by atoms with E-state index in [-0.39, 0.29) is 11.4 Å². The minimum Gasteiger partial charge on any atom is -0.399 e. The lowest BCUT2D eigenvalue weighted by Crippen LogP contribution is -2.47. The van der Waals surface area contributed by atoms with Gasteiger partial charge in [-0.25, -0.2) is 4.98 Å². The Bertz CT molecular complexity index is 1090. The molecule has 0 spiro atoms. The summed E-state index contributed by atoms with van der Waals surface area (Å²) in [5.74, 6) is 1.04. The van der Waals surface area contributed by atoms with Crippen molar-refractivity contribution >= 4 is 34.0 Å². The number of anilines is 3. The summed E-state index contributed by atoms with van der Waals surface area (Å²) in [5, 5.41) is 4.55. The Labute approximate surface area is 190 Å².